The van der Waals surface area contributed by atoms with Gasteiger partial charge < -0.3 is 9.64 Å². The largest absolute Gasteiger partial charge is 0.472 e. The molecule has 0 saturated carbocycles. The highest BCUT2D eigenvalue weighted by molar-refractivity contribution is 5.76. The van der Waals surface area contributed by atoms with Gasteiger partial charge in [0, 0.05) is 31.6 Å². The highest BCUT2D eigenvalue weighted by Gasteiger charge is 2.26. The lowest BCUT2D eigenvalue weighted by atomic mass is 10.3. The van der Waals surface area contributed by atoms with Crippen molar-refractivity contribution in [2.24, 2.45) is 0 Å². The van der Waals surface area contributed by atoms with Crippen LogP contribution < -0.4 is 4.74 Å². The molecule has 1 atom stereocenters. The number of hydrogen-bond acceptors (Lipinski definition) is 3. The van der Waals surface area contributed by atoms with Crippen LogP contribution in [-0.4, -0.2) is 35.0 Å². The van der Waals surface area contributed by atoms with Crippen molar-refractivity contribution in [2.45, 2.75) is 25.9 Å². The third-order valence-electron chi connectivity index (χ3n) is 2.73. The first-order valence-corrected chi connectivity index (χ1v) is 5.65. The van der Waals surface area contributed by atoms with E-state index >= 15 is 0 Å². The number of rotatable bonds is 3. The maximum absolute atomic E-state index is 11.5. The third kappa shape index (κ3) is 2.51. The highest BCUT2D eigenvalue weighted by atomic mass is 16.5. The molecule has 1 aromatic rings. The molecule has 0 spiro atoms. The lowest BCUT2D eigenvalue weighted by molar-refractivity contribution is -0.130. The summed E-state index contributed by atoms with van der Waals surface area (Å²) >= 11 is 0. The van der Waals surface area contributed by atoms with Crippen LogP contribution in [0.4, 0.5) is 0 Å². The fraction of sp³-hybridized carbons (Fsp3) is 0.500. The smallest absolute Gasteiger partial charge is 0.222 e. The Morgan fingerprint density at radius 2 is 2.50 bits per heavy atom. The van der Waals surface area contributed by atoms with Crippen LogP contribution in [0.5, 0.6) is 5.88 Å². The number of carbonyl (C=O) groups excluding carboxylic acids is 1. The van der Waals surface area contributed by atoms with E-state index in [4.69, 9.17) is 4.74 Å². The summed E-state index contributed by atoms with van der Waals surface area (Å²) in [4.78, 5) is 17.4. The SMILES string of the molecule is CCC(=O)N1CCC(Oc2ccccn2)C1. The molecule has 0 aromatic carbocycles. The van der Waals surface area contributed by atoms with E-state index < -0.39 is 0 Å². The molecule has 2 heterocycles. The van der Waals surface area contributed by atoms with Gasteiger partial charge in [-0.1, -0.05) is 13.0 Å². The summed E-state index contributed by atoms with van der Waals surface area (Å²) in [7, 11) is 0. The number of carbonyl (C=O) groups is 1. The molecule has 16 heavy (non-hydrogen) atoms. The summed E-state index contributed by atoms with van der Waals surface area (Å²) < 4.78 is 5.70. The van der Waals surface area contributed by atoms with Crippen molar-refractivity contribution in [1.29, 1.82) is 0 Å². The molecular weight excluding hydrogens is 204 g/mol. The number of pyridine rings is 1. The fourth-order valence-electron chi connectivity index (χ4n) is 1.86. The predicted octanol–water partition coefficient (Wildman–Crippen LogP) is 1.47. The molecule has 0 bridgehead atoms. The van der Waals surface area contributed by atoms with Gasteiger partial charge in [0.2, 0.25) is 11.8 Å². The molecule has 0 aliphatic carbocycles. The van der Waals surface area contributed by atoms with Crippen LogP contribution in [0.15, 0.2) is 24.4 Å². The Bertz CT molecular complexity index is 353. The molecule has 4 heteroatoms. The normalized spacial score (nSPS) is 19.8. The number of ether oxygens (including phenoxy) is 1. The fourth-order valence-corrected chi connectivity index (χ4v) is 1.86. The third-order valence-corrected chi connectivity index (χ3v) is 2.73. The molecule has 1 saturated heterocycles. The van der Waals surface area contributed by atoms with Gasteiger partial charge in [0.05, 0.1) is 6.54 Å². The van der Waals surface area contributed by atoms with E-state index in [0.717, 1.165) is 13.0 Å². The number of amides is 1. The summed E-state index contributed by atoms with van der Waals surface area (Å²) in [5, 5.41) is 0. The van der Waals surface area contributed by atoms with E-state index in [1.54, 1.807) is 6.20 Å². The van der Waals surface area contributed by atoms with Crippen LogP contribution >= 0.6 is 0 Å². The lowest BCUT2D eigenvalue weighted by Crippen LogP contribution is -2.30. The number of likely N-dealkylation sites (tertiary alicyclic amines) is 1. The van der Waals surface area contributed by atoms with Crippen molar-refractivity contribution in [2.75, 3.05) is 13.1 Å². The van der Waals surface area contributed by atoms with E-state index in [-0.39, 0.29) is 12.0 Å². The van der Waals surface area contributed by atoms with Gasteiger partial charge in [-0.2, -0.15) is 0 Å². The monoisotopic (exact) mass is 220 g/mol. The zero-order valence-electron chi connectivity index (χ0n) is 9.43. The van der Waals surface area contributed by atoms with Gasteiger partial charge >= 0.3 is 0 Å². The second-order valence-electron chi connectivity index (χ2n) is 3.89. The van der Waals surface area contributed by atoms with Crippen molar-refractivity contribution in [3.63, 3.8) is 0 Å². The van der Waals surface area contributed by atoms with Gasteiger partial charge in [0.15, 0.2) is 0 Å². The lowest BCUT2D eigenvalue weighted by Gasteiger charge is -2.15. The number of aromatic nitrogens is 1. The summed E-state index contributed by atoms with van der Waals surface area (Å²) in [6.45, 7) is 3.36. The first-order chi connectivity index (χ1) is 7.79. The first kappa shape index (κ1) is 10.9. The minimum absolute atomic E-state index is 0.0883. The molecule has 0 radical (unpaired) electrons. The van der Waals surface area contributed by atoms with Crippen LogP contribution in [0, 0.1) is 0 Å². The highest BCUT2D eigenvalue weighted by Crippen LogP contribution is 2.16. The molecule has 1 fully saturated rings. The molecule has 1 unspecified atom stereocenters. The van der Waals surface area contributed by atoms with Crippen LogP contribution in [0.3, 0.4) is 0 Å². The molecule has 86 valence electrons. The van der Waals surface area contributed by atoms with Crippen LogP contribution in [0.1, 0.15) is 19.8 Å². The maximum Gasteiger partial charge on any atom is 0.222 e. The Hall–Kier alpha value is -1.58. The van der Waals surface area contributed by atoms with Crippen molar-refractivity contribution in [1.82, 2.24) is 9.88 Å². The van der Waals surface area contributed by atoms with Gasteiger partial charge in [-0.15, -0.1) is 0 Å². The molecule has 2 rings (SSSR count). The average molecular weight is 220 g/mol. The molecular formula is C12H16N2O2. The van der Waals surface area contributed by atoms with E-state index in [1.807, 2.05) is 30.0 Å². The second kappa shape index (κ2) is 4.96. The van der Waals surface area contributed by atoms with Gasteiger partial charge in [0.1, 0.15) is 6.10 Å². The van der Waals surface area contributed by atoms with Crippen LogP contribution in [-0.2, 0) is 4.79 Å². The summed E-state index contributed by atoms with van der Waals surface area (Å²) in [6.07, 6.45) is 3.25. The van der Waals surface area contributed by atoms with E-state index in [9.17, 15) is 4.79 Å². The zero-order valence-corrected chi connectivity index (χ0v) is 9.43. The van der Waals surface area contributed by atoms with E-state index in [0.29, 0.717) is 18.8 Å². The molecule has 1 amide bonds. The summed E-state index contributed by atoms with van der Waals surface area (Å²) in [5.41, 5.74) is 0. The van der Waals surface area contributed by atoms with Gasteiger partial charge in [-0.25, -0.2) is 4.98 Å². The zero-order chi connectivity index (χ0) is 11.4. The standard InChI is InChI=1S/C12H16N2O2/c1-2-12(15)14-8-6-10(9-14)16-11-5-3-4-7-13-11/h3-5,7,10H,2,6,8-9H2,1H3. The number of hydrogen-bond donors (Lipinski definition) is 0. The predicted molar refractivity (Wildman–Crippen MR) is 60.1 cm³/mol. The molecule has 0 N–H and O–H groups in total. The first-order valence-electron chi connectivity index (χ1n) is 5.65. The number of nitrogens with zero attached hydrogens (tertiary/aromatic N) is 2. The average Bonchev–Trinajstić information content (AvgIpc) is 2.78. The summed E-state index contributed by atoms with van der Waals surface area (Å²) in [6, 6.07) is 5.59. The van der Waals surface area contributed by atoms with E-state index in [2.05, 4.69) is 4.98 Å². The molecule has 1 aromatic heterocycles. The Kier molecular flexibility index (Phi) is 3.39. The van der Waals surface area contributed by atoms with Crippen molar-refractivity contribution in [3.8, 4) is 5.88 Å². The minimum Gasteiger partial charge on any atom is -0.472 e. The topological polar surface area (TPSA) is 42.4 Å². The van der Waals surface area contributed by atoms with Crippen LogP contribution in [0.2, 0.25) is 0 Å². The van der Waals surface area contributed by atoms with Crippen molar-refractivity contribution in [3.05, 3.63) is 24.4 Å². The second-order valence-corrected chi connectivity index (χ2v) is 3.89. The molecule has 1 aliphatic heterocycles. The summed E-state index contributed by atoms with van der Waals surface area (Å²) in [5.74, 6) is 0.838. The molecule has 4 nitrogen and oxygen atoms in total. The van der Waals surface area contributed by atoms with Gasteiger partial charge in [-0.05, 0) is 6.07 Å². The Balaban J connectivity index is 1.88. The van der Waals surface area contributed by atoms with Crippen molar-refractivity contribution >= 4 is 5.91 Å². The Labute approximate surface area is 95.2 Å². The Morgan fingerprint density at radius 3 is 3.19 bits per heavy atom. The van der Waals surface area contributed by atoms with E-state index in [1.165, 1.54) is 0 Å². The van der Waals surface area contributed by atoms with Crippen molar-refractivity contribution < 1.29 is 9.53 Å². The van der Waals surface area contributed by atoms with Gasteiger partial charge in [-0.3, -0.25) is 4.79 Å². The minimum atomic E-state index is 0.0883. The molecule has 1 aliphatic rings. The van der Waals surface area contributed by atoms with Gasteiger partial charge in [0.25, 0.3) is 0 Å². The Morgan fingerprint density at radius 1 is 1.62 bits per heavy atom. The maximum atomic E-state index is 11.5. The quantitative estimate of drug-likeness (QED) is 0.774. The van der Waals surface area contributed by atoms with Crippen LogP contribution in [0.25, 0.3) is 0 Å².